The molecule has 0 saturated heterocycles. The van der Waals surface area contributed by atoms with Crippen LogP contribution in [0.25, 0.3) is 0 Å². The molecule has 3 heterocycles. The third kappa shape index (κ3) is 4.41. The van der Waals surface area contributed by atoms with Crippen LogP contribution in [-0.4, -0.2) is 46.7 Å². The summed E-state index contributed by atoms with van der Waals surface area (Å²) >= 11 is 0. The van der Waals surface area contributed by atoms with Crippen molar-refractivity contribution in [2.24, 2.45) is 0 Å². The molecule has 2 aromatic rings. The molecule has 32 heavy (non-hydrogen) atoms. The fourth-order valence-corrected chi connectivity index (χ4v) is 4.08. The molecule has 0 spiro atoms. The molecule has 0 bridgehead atoms. The average molecular weight is 451 g/mol. The summed E-state index contributed by atoms with van der Waals surface area (Å²) in [6.45, 7) is 0.892. The van der Waals surface area contributed by atoms with Gasteiger partial charge in [0.15, 0.2) is 11.8 Å². The fourth-order valence-electron chi connectivity index (χ4n) is 4.08. The van der Waals surface area contributed by atoms with Crippen LogP contribution in [0.2, 0.25) is 0 Å². The third-order valence-corrected chi connectivity index (χ3v) is 6.11. The molecule has 2 atom stereocenters. The second-order valence-electron chi connectivity index (χ2n) is 8.52. The third-order valence-electron chi connectivity index (χ3n) is 6.11. The van der Waals surface area contributed by atoms with Crippen LogP contribution in [-0.2, 0) is 24.3 Å². The molecule has 1 N–H and O–H groups in total. The molecule has 7 nitrogen and oxygen atoms in total. The summed E-state index contributed by atoms with van der Waals surface area (Å²) in [5, 5.41) is 6.97. The minimum absolute atomic E-state index is 0.0243. The van der Waals surface area contributed by atoms with E-state index in [-0.39, 0.29) is 30.6 Å². The van der Waals surface area contributed by atoms with Crippen LogP contribution in [0.4, 0.5) is 13.2 Å². The van der Waals surface area contributed by atoms with Crippen molar-refractivity contribution in [3.8, 4) is 11.6 Å². The maximum absolute atomic E-state index is 12.9. The van der Waals surface area contributed by atoms with E-state index in [1.165, 1.54) is 17.2 Å². The van der Waals surface area contributed by atoms with Crippen molar-refractivity contribution in [3.05, 3.63) is 41.1 Å². The van der Waals surface area contributed by atoms with Gasteiger partial charge in [0, 0.05) is 19.0 Å². The Balaban J connectivity index is 1.20. The Bertz CT molecular complexity index is 1000. The number of carbonyl (C=O) groups excluding carboxylic acids is 1. The number of hydrogen-bond acceptors (Lipinski definition) is 5. The highest BCUT2D eigenvalue weighted by Gasteiger charge is 2.44. The first-order valence-corrected chi connectivity index (χ1v) is 10.8. The first-order valence-electron chi connectivity index (χ1n) is 10.8. The van der Waals surface area contributed by atoms with Crippen molar-refractivity contribution in [2.45, 2.75) is 69.7 Å². The van der Waals surface area contributed by atoms with E-state index in [0.29, 0.717) is 25.7 Å². The number of nitrogens with one attached hydrogen (secondary N) is 1. The Morgan fingerprint density at radius 2 is 2.09 bits per heavy atom. The minimum Gasteiger partial charge on any atom is -0.491 e. The van der Waals surface area contributed by atoms with Gasteiger partial charge in [0.2, 0.25) is 5.88 Å². The predicted molar refractivity (Wildman–Crippen MR) is 107 cm³/mol. The van der Waals surface area contributed by atoms with Crippen LogP contribution in [0.5, 0.6) is 11.6 Å². The Morgan fingerprint density at radius 3 is 2.84 bits per heavy atom. The summed E-state index contributed by atoms with van der Waals surface area (Å²) in [5.74, 6) is 0.262. The van der Waals surface area contributed by atoms with Crippen molar-refractivity contribution in [1.29, 1.82) is 0 Å². The van der Waals surface area contributed by atoms with Crippen LogP contribution in [0, 0.1) is 0 Å². The number of fused-ring (bicyclic) bond motifs is 2. The highest BCUT2D eigenvalue weighted by Crippen LogP contribution is 2.32. The molecule has 1 fully saturated rings. The van der Waals surface area contributed by atoms with E-state index in [1.807, 2.05) is 18.2 Å². The largest absolute Gasteiger partial charge is 0.491 e. The monoisotopic (exact) mass is 451 g/mol. The van der Waals surface area contributed by atoms with Gasteiger partial charge >= 0.3 is 6.18 Å². The molecule has 1 aliphatic carbocycles. The van der Waals surface area contributed by atoms with Crippen molar-refractivity contribution in [1.82, 2.24) is 15.1 Å². The number of nitrogens with zero attached hydrogens (tertiary/aromatic N) is 2. The Morgan fingerprint density at radius 1 is 1.25 bits per heavy atom. The van der Waals surface area contributed by atoms with Crippen molar-refractivity contribution < 1.29 is 32.2 Å². The SMILES string of the molecule is O=C(N[C@H]1COc2ccc(COC3CCC3)cc2C1)c1cc2n(n1)CCC(C(F)(F)F)O2. The van der Waals surface area contributed by atoms with E-state index in [4.69, 9.17) is 14.2 Å². The molecule has 2 aliphatic heterocycles. The van der Waals surface area contributed by atoms with Crippen LogP contribution in [0.15, 0.2) is 24.3 Å². The molecule has 0 radical (unpaired) electrons. The van der Waals surface area contributed by atoms with E-state index in [2.05, 4.69) is 10.4 Å². The van der Waals surface area contributed by atoms with E-state index in [0.717, 1.165) is 29.7 Å². The van der Waals surface area contributed by atoms with Gasteiger partial charge in [-0.2, -0.15) is 18.3 Å². The highest BCUT2D eigenvalue weighted by molar-refractivity contribution is 5.92. The van der Waals surface area contributed by atoms with Crippen molar-refractivity contribution in [2.75, 3.05) is 6.61 Å². The molecule has 1 saturated carbocycles. The fraction of sp³-hybridized carbons (Fsp3) is 0.545. The molecule has 1 aromatic heterocycles. The van der Waals surface area contributed by atoms with Crippen LogP contribution in [0.1, 0.15) is 47.3 Å². The number of aromatic nitrogens is 2. The number of rotatable bonds is 5. The van der Waals surface area contributed by atoms with Gasteiger partial charge in [-0.05, 0) is 48.9 Å². The molecule has 1 amide bonds. The predicted octanol–water partition coefficient (Wildman–Crippen LogP) is 3.40. The van der Waals surface area contributed by atoms with Gasteiger partial charge < -0.3 is 19.5 Å². The topological polar surface area (TPSA) is 74.6 Å². The van der Waals surface area contributed by atoms with E-state index < -0.39 is 18.2 Å². The van der Waals surface area contributed by atoms with Gasteiger partial charge in [-0.3, -0.25) is 4.79 Å². The van der Waals surface area contributed by atoms with Crippen molar-refractivity contribution in [3.63, 3.8) is 0 Å². The summed E-state index contributed by atoms with van der Waals surface area (Å²) in [6, 6.07) is 6.92. The minimum atomic E-state index is -4.45. The summed E-state index contributed by atoms with van der Waals surface area (Å²) in [4.78, 5) is 12.7. The number of amides is 1. The van der Waals surface area contributed by atoms with Gasteiger partial charge in [0.25, 0.3) is 5.91 Å². The van der Waals surface area contributed by atoms with Crippen LogP contribution >= 0.6 is 0 Å². The second-order valence-corrected chi connectivity index (χ2v) is 8.52. The number of alkyl halides is 3. The summed E-state index contributed by atoms with van der Waals surface area (Å²) in [7, 11) is 0. The molecular weight excluding hydrogens is 427 g/mol. The van der Waals surface area contributed by atoms with Gasteiger partial charge in [0.1, 0.15) is 12.4 Å². The van der Waals surface area contributed by atoms with Gasteiger partial charge in [-0.1, -0.05) is 6.07 Å². The molecule has 5 rings (SSSR count). The maximum Gasteiger partial charge on any atom is 0.425 e. The average Bonchev–Trinajstić information content (AvgIpc) is 3.15. The number of benzene rings is 1. The number of hydrogen-bond donors (Lipinski definition) is 1. The lowest BCUT2D eigenvalue weighted by atomic mass is 9.96. The molecule has 1 aromatic carbocycles. The quantitative estimate of drug-likeness (QED) is 0.754. The Hall–Kier alpha value is -2.75. The summed E-state index contributed by atoms with van der Waals surface area (Å²) in [6.07, 6.45) is -2.19. The van der Waals surface area contributed by atoms with Gasteiger partial charge in [-0.15, -0.1) is 0 Å². The summed E-state index contributed by atoms with van der Waals surface area (Å²) in [5.41, 5.74) is 2.07. The van der Waals surface area contributed by atoms with Crippen LogP contribution in [0.3, 0.4) is 0 Å². The first-order chi connectivity index (χ1) is 15.3. The number of halogens is 3. The first kappa shape index (κ1) is 21.1. The van der Waals surface area contributed by atoms with E-state index in [9.17, 15) is 18.0 Å². The maximum atomic E-state index is 12.9. The van der Waals surface area contributed by atoms with Crippen LogP contribution < -0.4 is 14.8 Å². The van der Waals surface area contributed by atoms with Crippen molar-refractivity contribution >= 4 is 5.91 Å². The van der Waals surface area contributed by atoms with E-state index >= 15 is 0 Å². The molecule has 3 aliphatic rings. The standard InChI is InChI=1S/C22H24F3N3O4/c23-22(24,25)19-6-7-28-20(32-19)10-17(27-28)21(29)26-15-9-14-8-13(4-5-18(14)31-12-15)11-30-16-2-1-3-16/h4-5,8,10,15-16,19H,1-3,6-7,9,11-12H2,(H,26,29)/t15-,19?/m1/s1. The lowest BCUT2D eigenvalue weighted by Crippen LogP contribution is -2.43. The van der Waals surface area contributed by atoms with E-state index in [1.54, 1.807) is 0 Å². The Kier molecular flexibility index (Phi) is 5.48. The lowest BCUT2D eigenvalue weighted by molar-refractivity contribution is -0.203. The normalized spacial score (nSPS) is 22.7. The molecule has 172 valence electrons. The second kappa shape index (κ2) is 8.31. The molecular formula is C22H24F3N3O4. The molecule has 1 unspecified atom stereocenters. The molecule has 10 heteroatoms. The smallest absolute Gasteiger partial charge is 0.425 e. The zero-order valence-electron chi connectivity index (χ0n) is 17.4. The zero-order valence-corrected chi connectivity index (χ0v) is 17.4. The van der Waals surface area contributed by atoms with Gasteiger partial charge in [0.05, 0.1) is 18.8 Å². The lowest BCUT2D eigenvalue weighted by Gasteiger charge is -2.27. The Labute approximate surface area is 182 Å². The number of aryl methyl sites for hydroxylation is 1. The summed E-state index contributed by atoms with van der Waals surface area (Å²) < 4.78 is 56.7. The number of ether oxygens (including phenoxy) is 3. The zero-order chi connectivity index (χ0) is 22.3. The van der Waals surface area contributed by atoms with Gasteiger partial charge in [-0.25, -0.2) is 4.68 Å². The number of carbonyl (C=O) groups is 1. The highest BCUT2D eigenvalue weighted by atomic mass is 19.4.